The van der Waals surface area contributed by atoms with Crippen molar-refractivity contribution in [3.05, 3.63) is 53.2 Å². The largest absolute Gasteiger partial charge is 0.465 e. The van der Waals surface area contributed by atoms with Crippen molar-refractivity contribution in [1.29, 1.82) is 0 Å². The van der Waals surface area contributed by atoms with Gasteiger partial charge in [0.05, 0.1) is 6.54 Å². The Labute approximate surface area is 114 Å². The molecule has 19 heavy (non-hydrogen) atoms. The third kappa shape index (κ3) is 3.91. The number of furan rings is 1. The van der Waals surface area contributed by atoms with Crippen LogP contribution in [-0.2, 0) is 19.5 Å². The Kier molecular flexibility index (Phi) is 4.71. The van der Waals surface area contributed by atoms with Gasteiger partial charge >= 0.3 is 0 Å². The van der Waals surface area contributed by atoms with Crippen molar-refractivity contribution < 1.29 is 4.42 Å². The zero-order valence-electron chi connectivity index (χ0n) is 11.6. The van der Waals surface area contributed by atoms with E-state index >= 15 is 0 Å². The number of aromatic nitrogens is 1. The van der Waals surface area contributed by atoms with Crippen LogP contribution < -0.4 is 5.73 Å². The summed E-state index contributed by atoms with van der Waals surface area (Å²) in [6.07, 6.45) is 4.70. The normalized spacial score (nSPS) is 11.2. The summed E-state index contributed by atoms with van der Waals surface area (Å²) >= 11 is 0. The van der Waals surface area contributed by atoms with Gasteiger partial charge in [-0.25, -0.2) is 0 Å². The van der Waals surface area contributed by atoms with Crippen LogP contribution in [0.5, 0.6) is 0 Å². The van der Waals surface area contributed by atoms with Crippen molar-refractivity contribution in [2.24, 2.45) is 5.73 Å². The highest BCUT2D eigenvalue weighted by Gasteiger charge is 2.09. The molecule has 2 N–H and O–H groups in total. The molecule has 2 aromatic heterocycles. The average molecular weight is 259 g/mol. The Hall–Kier alpha value is -1.65. The zero-order chi connectivity index (χ0) is 13.7. The highest BCUT2D eigenvalue weighted by molar-refractivity contribution is 5.20. The number of pyridine rings is 1. The SMILES string of the molecule is Cc1oc(CN)cc1CN(C)CCc1ccncc1. The van der Waals surface area contributed by atoms with E-state index < -0.39 is 0 Å². The monoisotopic (exact) mass is 259 g/mol. The van der Waals surface area contributed by atoms with Gasteiger partial charge in [-0.15, -0.1) is 0 Å². The van der Waals surface area contributed by atoms with E-state index in [-0.39, 0.29) is 0 Å². The number of hydrogen-bond acceptors (Lipinski definition) is 4. The van der Waals surface area contributed by atoms with Crippen molar-refractivity contribution in [3.63, 3.8) is 0 Å². The second-order valence-corrected chi connectivity index (χ2v) is 4.84. The average Bonchev–Trinajstić information content (AvgIpc) is 2.78. The number of rotatable bonds is 6. The van der Waals surface area contributed by atoms with E-state index in [2.05, 4.69) is 35.1 Å². The molecule has 0 fully saturated rings. The summed E-state index contributed by atoms with van der Waals surface area (Å²) in [6.45, 7) is 4.35. The van der Waals surface area contributed by atoms with E-state index in [1.165, 1.54) is 11.1 Å². The summed E-state index contributed by atoms with van der Waals surface area (Å²) in [5.41, 5.74) is 8.12. The van der Waals surface area contributed by atoms with Crippen LogP contribution in [0.3, 0.4) is 0 Å². The first-order chi connectivity index (χ1) is 9.19. The van der Waals surface area contributed by atoms with Gasteiger partial charge in [0.1, 0.15) is 11.5 Å². The number of nitrogens with two attached hydrogens (primary N) is 1. The summed E-state index contributed by atoms with van der Waals surface area (Å²) in [4.78, 5) is 6.32. The molecule has 0 atom stereocenters. The number of nitrogens with zero attached hydrogens (tertiary/aromatic N) is 2. The van der Waals surface area contributed by atoms with Gasteiger partial charge < -0.3 is 15.1 Å². The lowest BCUT2D eigenvalue weighted by Gasteiger charge is -2.15. The van der Waals surface area contributed by atoms with Crippen LogP contribution in [0, 0.1) is 6.92 Å². The minimum absolute atomic E-state index is 0.460. The smallest absolute Gasteiger partial charge is 0.118 e. The Morgan fingerprint density at radius 3 is 2.68 bits per heavy atom. The highest BCUT2D eigenvalue weighted by atomic mass is 16.3. The molecule has 2 heterocycles. The maximum Gasteiger partial charge on any atom is 0.118 e. The molecule has 0 spiro atoms. The number of likely N-dealkylation sites (N-methyl/N-ethyl adjacent to an activating group) is 1. The molecule has 0 amide bonds. The molecule has 0 bridgehead atoms. The van der Waals surface area contributed by atoms with Crippen molar-refractivity contribution in [2.75, 3.05) is 13.6 Å². The summed E-state index contributed by atoms with van der Waals surface area (Å²) in [6, 6.07) is 6.17. The quantitative estimate of drug-likeness (QED) is 0.863. The van der Waals surface area contributed by atoms with Gasteiger partial charge in [0, 0.05) is 31.0 Å². The molecule has 102 valence electrons. The third-order valence-electron chi connectivity index (χ3n) is 3.24. The van der Waals surface area contributed by atoms with Gasteiger partial charge in [0.2, 0.25) is 0 Å². The predicted octanol–water partition coefficient (Wildman–Crippen LogP) is 2.12. The molecule has 0 radical (unpaired) electrons. The Morgan fingerprint density at radius 1 is 1.32 bits per heavy atom. The van der Waals surface area contributed by atoms with Crippen molar-refractivity contribution >= 4 is 0 Å². The van der Waals surface area contributed by atoms with Gasteiger partial charge in [-0.05, 0) is 44.2 Å². The molecule has 0 unspecified atom stereocenters. The molecule has 0 saturated carbocycles. The van der Waals surface area contributed by atoms with Crippen LogP contribution >= 0.6 is 0 Å². The summed E-state index contributed by atoms with van der Waals surface area (Å²) < 4.78 is 5.57. The van der Waals surface area contributed by atoms with Crippen LogP contribution in [0.15, 0.2) is 35.0 Å². The zero-order valence-corrected chi connectivity index (χ0v) is 11.6. The van der Waals surface area contributed by atoms with E-state index in [1.807, 2.05) is 19.3 Å². The topological polar surface area (TPSA) is 55.3 Å². The van der Waals surface area contributed by atoms with E-state index in [0.717, 1.165) is 31.0 Å². The Balaban J connectivity index is 1.87. The van der Waals surface area contributed by atoms with Crippen LogP contribution in [0.2, 0.25) is 0 Å². The van der Waals surface area contributed by atoms with E-state index in [1.54, 1.807) is 0 Å². The fraction of sp³-hybridized carbons (Fsp3) is 0.400. The molecule has 0 aromatic carbocycles. The van der Waals surface area contributed by atoms with E-state index in [9.17, 15) is 0 Å². The standard InChI is InChI=1S/C15H21N3O/c1-12-14(9-15(10-16)19-12)11-18(2)8-5-13-3-6-17-7-4-13/h3-4,6-7,9H,5,8,10-11,16H2,1-2H3. The predicted molar refractivity (Wildman–Crippen MR) is 75.6 cm³/mol. The van der Waals surface area contributed by atoms with E-state index in [0.29, 0.717) is 6.54 Å². The maximum absolute atomic E-state index is 5.58. The molecule has 4 nitrogen and oxygen atoms in total. The second kappa shape index (κ2) is 6.50. The van der Waals surface area contributed by atoms with Gasteiger partial charge in [-0.2, -0.15) is 0 Å². The second-order valence-electron chi connectivity index (χ2n) is 4.84. The van der Waals surface area contributed by atoms with Gasteiger partial charge in [-0.1, -0.05) is 0 Å². The molecular weight excluding hydrogens is 238 g/mol. The lowest BCUT2D eigenvalue weighted by atomic mass is 10.2. The van der Waals surface area contributed by atoms with Crippen molar-refractivity contribution in [2.45, 2.75) is 26.4 Å². The van der Waals surface area contributed by atoms with Crippen LogP contribution in [-0.4, -0.2) is 23.5 Å². The summed E-state index contributed by atoms with van der Waals surface area (Å²) in [5.74, 6) is 1.83. The lowest BCUT2D eigenvalue weighted by Crippen LogP contribution is -2.20. The summed E-state index contributed by atoms with van der Waals surface area (Å²) in [7, 11) is 2.12. The molecule has 2 rings (SSSR count). The minimum Gasteiger partial charge on any atom is -0.465 e. The third-order valence-corrected chi connectivity index (χ3v) is 3.24. The first kappa shape index (κ1) is 13.8. The lowest BCUT2D eigenvalue weighted by molar-refractivity contribution is 0.328. The van der Waals surface area contributed by atoms with Crippen molar-refractivity contribution in [3.8, 4) is 0 Å². The maximum atomic E-state index is 5.58. The number of hydrogen-bond donors (Lipinski definition) is 1. The van der Waals surface area contributed by atoms with Gasteiger partial charge in [-0.3, -0.25) is 4.98 Å². The molecular formula is C15H21N3O. The first-order valence-electron chi connectivity index (χ1n) is 6.54. The molecule has 4 heteroatoms. The first-order valence-corrected chi connectivity index (χ1v) is 6.54. The van der Waals surface area contributed by atoms with Gasteiger partial charge in [0.15, 0.2) is 0 Å². The molecule has 0 aliphatic carbocycles. The molecule has 0 aliphatic heterocycles. The van der Waals surface area contributed by atoms with Gasteiger partial charge in [0.25, 0.3) is 0 Å². The highest BCUT2D eigenvalue weighted by Crippen LogP contribution is 2.16. The van der Waals surface area contributed by atoms with Crippen LogP contribution in [0.25, 0.3) is 0 Å². The summed E-state index contributed by atoms with van der Waals surface area (Å²) in [5, 5.41) is 0. The fourth-order valence-electron chi connectivity index (χ4n) is 2.08. The van der Waals surface area contributed by atoms with E-state index in [4.69, 9.17) is 10.2 Å². The molecule has 0 saturated heterocycles. The molecule has 2 aromatic rings. The Bertz CT molecular complexity index is 507. The fourth-order valence-corrected chi connectivity index (χ4v) is 2.08. The van der Waals surface area contributed by atoms with Crippen LogP contribution in [0.4, 0.5) is 0 Å². The molecule has 0 aliphatic rings. The number of aryl methyl sites for hydroxylation is 1. The minimum atomic E-state index is 0.460. The Morgan fingerprint density at radius 2 is 2.05 bits per heavy atom. The van der Waals surface area contributed by atoms with Crippen LogP contribution in [0.1, 0.15) is 22.6 Å². The van der Waals surface area contributed by atoms with Crippen molar-refractivity contribution in [1.82, 2.24) is 9.88 Å².